The zero-order valence-electron chi connectivity index (χ0n) is 14.2. The Morgan fingerprint density at radius 1 is 1.25 bits per heavy atom. The van der Waals surface area contributed by atoms with Crippen molar-refractivity contribution in [3.63, 3.8) is 0 Å². The lowest BCUT2D eigenvalue weighted by atomic mass is 9.79. The summed E-state index contributed by atoms with van der Waals surface area (Å²) in [6, 6.07) is 5.68. The van der Waals surface area contributed by atoms with Crippen LogP contribution in [0.5, 0.6) is 11.5 Å². The van der Waals surface area contributed by atoms with Gasteiger partial charge in [-0.25, -0.2) is 0 Å². The van der Waals surface area contributed by atoms with Gasteiger partial charge in [-0.2, -0.15) is 0 Å². The highest BCUT2D eigenvalue weighted by molar-refractivity contribution is 5.78. The smallest absolute Gasteiger partial charge is 0.224 e. The van der Waals surface area contributed by atoms with E-state index in [1.165, 1.54) is 0 Å². The summed E-state index contributed by atoms with van der Waals surface area (Å²) in [7, 11) is 1.72. The molecular formula is C18H26N2O4. The fourth-order valence-corrected chi connectivity index (χ4v) is 3.37. The van der Waals surface area contributed by atoms with Crippen LogP contribution in [-0.2, 0) is 16.0 Å². The fraction of sp³-hybridized carbons (Fsp3) is 0.611. The first kappa shape index (κ1) is 17.0. The molecule has 0 bridgehead atoms. The number of ether oxygens (including phenoxy) is 3. The molecule has 1 amide bonds. The van der Waals surface area contributed by atoms with Crippen molar-refractivity contribution < 1.29 is 19.0 Å². The SMILES string of the molecule is COCC1(CNC(=O)Cc2ccc3c(c2)OCCO3)CCNCC1. The fourth-order valence-electron chi connectivity index (χ4n) is 3.37. The van der Waals surface area contributed by atoms with Crippen LogP contribution in [0.2, 0.25) is 0 Å². The van der Waals surface area contributed by atoms with E-state index in [1.54, 1.807) is 7.11 Å². The van der Waals surface area contributed by atoms with Crippen molar-refractivity contribution in [1.82, 2.24) is 10.6 Å². The van der Waals surface area contributed by atoms with E-state index < -0.39 is 0 Å². The van der Waals surface area contributed by atoms with Gasteiger partial charge in [-0.1, -0.05) is 6.07 Å². The van der Waals surface area contributed by atoms with E-state index in [9.17, 15) is 4.79 Å². The average Bonchev–Trinajstić information content (AvgIpc) is 2.61. The molecule has 0 aliphatic carbocycles. The number of carbonyl (C=O) groups excluding carboxylic acids is 1. The molecule has 1 aromatic rings. The zero-order chi connectivity index (χ0) is 16.8. The van der Waals surface area contributed by atoms with Crippen LogP contribution in [0.25, 0.3) is 0 Å². The Morgan fingerprint density at radius 2 is 2.00 bits per heavy atom. The van der Waals surface area contributed by atoms with E-state index in [0.29, 0.717) is 32.8 Å². The molecule has 0 spiro atoms. The first-order valence-corrected chi connectivity index (χ1v) is 8.56. The summed E-state index contributed by atoms with van der Waals surface area (Å²) in [4.78, 5) is 12.3. The molecule has 1 saturated heterocycles. The second kappa shape index (κ2) is 7.85. The van der Waals surface area contributed by atoms with Crippen molar-refractivity contribution in [2.24, 2.45) is 5.41 Å². The molecule has 132 valence electrons. The summed E-state index contributed by atoms with van der Waals surface area (Å²) in [6.07, 6.45) is 2.38. The van der Waals surface area contributed by atoms with E-state index in [4.69, 9.17) is 14.2 Å². The molecule has 1 fully saturated rings. The molecule has 1 aromatic carbocycles. The van der Waals surface area contributed by atoms with E-state index in [2.05, 4.69) is 10.6 Å². The summed E-state index contributed by atoms with van der Waals surface area (Å²) in [5, 5.41) is 6.45. The summed E-state index contributed by atoms with van der Waals surface area (Å²) in [6.45, 7) is 4.41. The number of amides is 1. The lowest BCUT2D eigenvalue weighted by Crippen LogP contribution is -2.47. The minimum atomic E-state index is 0.0284. The van der Waals surface area contributed by atoms with Crippen molar-refractivity contribution in [3.8, 4) is 11.5 Å². The van der Waals surface area contributed by atoms with Gasteiger partial charge in [0, 0.05) is 19.1 Å². The van der Waals surface area contributed by atoms with Crippen molar-refractivity contribution in [1.29, 1.82) is 0 Å². The molecule has 6 nitrogen and oxygen atoms in total. The van der Waals surface area contributed by atoms with Gasteiger partial charge >= 0.3 is 0 Å². The zero-order valence-corrected chi connectivity index (χ0v) is 14.2. The second-order valence-electron chi connectivity index (χ2n) is 6.61. The number of fused-ring (bicyclic) bond motifs is 1. The van der Waals surface area contributed by atoms with Crippen LogP contribution in [0.3, 0.4) is 0 Å². The molecular weight excluding hydrogens is 308 g/mol. The van der Waals surface area contributed by atoms with E-state index >= 15 is 0 Å². The predicted octanol–water partition coefficient (Wildman–Crippen LogP) is 1.13. The Labute approximate surface area is 142 Å². The van der Waals surface area contributed by atoms with Gasteiger partial charge in [-0.3, -0.25) is 4.79 Å². The van der Waals surface area contributed by atoms with Crippen molar-refractivity contribution in [2.45, 2.75) is 19.3 Å². The van der Waals surface area contributed by atoms with Gasteiger partial charge in [0.25, 0.3) is 0 Å². The van der Waals surface area contributed by atoms with Crippen LogP contribution >= 0.6 is 0 Å². The number of nitrogens with one attached hydrogen (secondary N) is 2. The third-order valence-corrected chi connectivity index (χ3v) is 4.75. The lowest BCUT2D eigenvalue weighted by molar-refractivity contribution is -0.121. The van der Waals surface area contributed by atoms with Gasteiger partial charge in [0.2, 0.25) is 5.91 Å². The topological polar surface area (TPSA) is 68.8 Å². The average molecular weight is 334 g/mol. The Balaban J connectivity index is 1.55. The molecule has 0 aromatic heterocycles. The van der Waals surface area contributed by atoms with Crippen LogP contribution in [0.1, 0.15) is 18.4 Å². The molecule has 0 atom stereocenters. The largest absolute Gasteiger partial charge is 0.486 e. The molecule has 3 rings (SSSR count). The van der Waals surface area contributed by atoms with E-state index in [-0.39, 0.29) is 11.3 Å². The molecule has 0 radical (unpaired) electrons. The highest BCUT2D eigenvalue weighted by Crippen LogP contribution is 2.31. The first-order chi connectivity index (χ1) is 11.7. The van der Waals surface area contributed by atoms with E-state index in [0.717, 1.165) is 43.0 Å². The number of hydrogen-bond acceptors (Lipinski definition) is 5. The van der Waals surface area contributed by atoms with Gasteiger partial charge in [0.05, 0.1) is 13.0 Å². The third-order valence-electron chi connectivity index (χ3n) is 4.75. The summed E-state index contributed by atoms with van der Waals surface area (Å²) in [5.74, 6) is 1.50. The normalized spacial score (nSPS) is 18.9. The third kappa shape index (κ3) is 4.19. The minimum Gasteiger partial charge on any atom is -0.486 e. The molecule has 0 unspecified atom stereocenters. The summed E-state index contributed by atoms with van der Waals surface area (Å²) >= 11 is 0. The van der Waals surface area contributed by atoms with Crippen LogP contribution in [-0.4, -0.2) is 52.5 Å². The Morgan fingerprint density at radius 3 is 2.75 bits per heavy atom. The number of carbonyl (C=O) groups is 1. The molecule has 6 heteroatoms. The van der Waals surface area contributed by atoms with Gasteiger partial charge in [-0.05, 0) is 43.6 Å². The monoisotopic (exact) mass is 334 g/mol. The van der Waals surface area contributed by atoms with Crippen LogP contribution in [0.4, 0.5) is 0 Å². The first-order valence-electron chi connectivity index (χ1n) is 8.56. The van der Waals surface area contributed by atoms with Crippen molar-refractivity contribution in [2.75, 3.05) is 46.6 Å². The van der Waals surface area contributed by atoms with Crippen molar-refractivity contribution in [3.05, 3.63) is 23.8 Å². The molecule has 2 aliphatic rings. The number of piperidine rings is 1. The molecule has 2 heterocycles. The minimum absolute atomic E-state index is 0.0284. The Kier molecular flexibility index (Phi) is 5.58. The van der Waals surface area contributed by atoms with E-state index in [1.807, 2.05) is 18.2 Å². The number of hydrogen-bond donors (Lipinski definition) is 2. The maximum atomic E-state index is 12.3. The molecule has 0 saturated carbocycles. The van der Waals surface area contributed by atoms with Gasteiger partial charge in [0.15, 0.2) is 11.5 Å². The summed E-state index contributed by atoms with van der Waals surface area (Å²) < 4.78 is 16.5. The molecule has 2 N–H and O–H groups in total. The van der Waals surface area contributed by atoms with Crippen LogP contribution in [0, 0.1) is 5.41 Å². The molecule has 24 heavy (non-hydrogen) atoms. The predicted molar refractivity (Wildman–Crippen MR) is 90.6 cm³/mol. The maximum Gasteiger partial charge on any atom is 0.224 e. The maximum absolute atomic E-state index is 12.3. The van der Waals surface area contributed by atoms with Gasteiger partial charge < -0.3 is 24.8 Å². The van der Waals surface area contributed by atoms with Crippen LogP contribution in [0.15, 0.2) is 18.2 Å². The summed E-state index contributed by atoms with van der Waals surface area (Å²) in [5.41, 5.74) is 0.977. The Hall–Kier alpha value is -1.79. The van der Waals surface area contributed by atoms with Crippen LogP contribution < -0.4 is 20.1 Å². The van der Waals surface area contributed by atoms with Gasteiger partial charge in [-0.15, -0.1) is 0 Å². The number of rotatable bonds is 6. The number of methoxy groups -OCH3 is 1. The molecule has 2 aliphatic heterocycles. The second-order valence-corrected chi connectivity index (χ2v) is 6.61. The highest BCUT2D eigenvalue weighted by Gasteiger charge is 2.32. The number of benzene rings is 1. The van der Waals surface area contributed by atoms with Crippen molar-refractivity contribution >= 4 is 5.91 Å². The quantitative estimate of drug-likeness (QED) is 0.816. The Bertz CT molecular complexity index is 565. The van der Waals surface area contributed by atoms with Gasteiger partial charge in [0.1, 0.15) is 13.2 Å². The highest BCUT2D eigenvalue weighted by atomic mass is 16.6. The standard InChI is InChI=1S/C18H26N2O4/c1-22-13-18(4-6-19-7-5-18)12-20-17(21)11-14-2-3-15-16(10-14)24-9-8-23-15/h2-3,10,19H,4-9,11-13H2,1H3,(H,20,21). The lowest BCUT2D eigenvalue weighted by Gasteiger charge is -2.37.